The van der Waals surface area contributed by atoms with Crippen molar-refractivity contribution in [2.45, 2.75) is 69.9 Å². The highest BCUT2D eigenvalue weighted by Crippen LogP contribution is 2.27. The molecule has 1 unspecified atom stereocenters. The van der Waals surface area contributed by atoms with Crippen molar-refractivity contribution >= 4 is 27.3 Å². The lowest BCUT2D eigenvalue weighted by Crippen LogP contribution is -2.37. The molecule has 0 spiro atoms. The second-order valence-corrected chi connectivity index (χ2v) is 11.1. The van der Waals surface area contributed by atoms with E-state index in [4.69, 9.17) is 4.74 Å². The summed E-state index contributed by atoms with van der Waals surface area (Å²) in [7, 11) is -3.63. The van der Waals surface area contributed by atoms with Crippen LogP contribution in [0.3, 0.4) is 0 Å². The molecule has 1 aromatic heterocycles. The molecular formula is C23H32N2O4S2. The van der Waals surface area contributed by atoms with Gasteiger partial charge in [-0.15, -0.1) is 11.3 Å². The standard InChI is InChI=1S/C23H32N2O4S2/c1-17(2)29-20-11-9-19(10-12-20)8-7-18(3)24-23(26)22-21(13-16-30-22)31(27,28)25-14-5-4-6-15-25/h9-13,16-18H,4-8,14-15H2,1-3H3,(H,24,26). The van der Waals surface area contributed by atoms with E-state index in [2.05, 4.69) is 5.32 Å². The highest BCUT2D eigenvalue weighted by Gasteiger charge is 2.31. The Morgan fingerprint density at radius 3 is 2.42 bits per heavy atom. The molecule has 1 fully saturated rings. The molecule has 0 aliphatic carbocycles. The van der Waals surface area contributed by atoms with Gasteiger partial charge in [-0.3, -0.25) is 4.79 Å². The van der Waals surface area contributed by atoms with Gasteiger partial charge in [-0.1, -0.05) is 18.6 Å². The SMILES string of the molecule is CC(CCc1ccc(OC(C)C)cc1)NC(=O)c1sccc1S(=O)(=O)N1CCCCC1. The van der Waals surface area contributed by atoms with Crippen molar-refractivity contribution in [2.75, 3.05) is 13.1 Å². The second kappa shape index (κ2) is 10.6. The van der Waals surface area contributed by atoms with Gasteiger partial charge in [0.15, 0.2) is 0 Å². The van der Waals surface area contributed by atoms with Crippen LogP contribution in [0, 0.1) is 0 Å². The Kier molecular flexibility index (Phi) is 8.13. The zero-order valence-corrected chi connectivity index (χ0v) is 20.1. The van der Waals surface area contributed by atoms with E-state index >= 15 is 0 Å². The van der Waals surface area contributed by atoms with Gasteiger partial charge < -0.3 is 10.1 Å². The molecule has 2 heterocycles. The Hall–Kier alpha value is -1.90. The molecule has 170 valence electrons. The zero-order chi connectivity index (χ0) is 22.4. The van der Waals surface area contributed by atoms with Crippen molar-refractivity contribution in [2.24, 2.45) is 0 Å². The Morgan fingerprint density at radius 2 is 1.77 bits per heavy atom. The Balaban J connectivity index is 1.57. The summed E-state index contributed by atoms with van der Waals surface area (Å²) < 4.78 is 33.2. The van der Waals surface area contributed by atoms with Crippen LogP contribution in [0.5, 0.6) is 5.75 Å². The van der Waals surface area contributed by atoms with Gasteiger partial charge in [-0.2, -0.15) is 4.31 Å². The van der Waals surface area contributed by atoms with Gasteiger partial charge in [0.1, 0.15) is 15.5 Å². The molecule has 1 aromatic carbocycles. The third-order valence-corrected chi connectivity index (χ3v) is 8.29. The van der Waals surface area contributed by atoms with Crippen molar-refractivity contribution in [1.29, 1.82) is 0 Å². The van der Waals surface area contributed by atoms with Gasteiger partial charge in [0.05, 0.1) is 6.10 Å². The molecule has 0 radical (unpaired) electrons. The molecule has 6 nitrogen and oxygen atoms in total. The van der Waals surface area contributed by atoms with Gasteiger partial charge in [-0.25, -0.2) is 8.42 Å². The van der Waals surface area contributed by atoms with E-state index in [9.17, 15) is 13.2 Å². The number of carbonyl (C=O) groups excluding carboxylic acids is 1. The smallest absolute Gasteiger partial charge is 0.262 e. The Labute approximate surface area is 189 Å². The van der Waals surface area contributed by atoms with E-state index in [0.29, 0.717) is 13.1 Å². The number of sulfonamides is 1. The van der Waals surface area contributed by atoms with Crippen molar-refractivity contribution in [3.63, 3.8) is 0 Å². The highest BCUT2D eigenvalue weighted by atomic mass is 32.2. The van der Waals surface area contributed by atoms with Gasteiger partial charge in [0.25, 0.3) is 5.91 Å². The number of benzene rings is 1. The summed E-state index contributed by atoms with van der Waals surface area (Å²) in [5.74, 6) is 0.527. The van der Waals surface area contributed by atoms with E-state index in [-0.39, 0.29) is 27.8 Å². The van der Waals surface area contributed by atoms with E-state index in [1.54, 1.807) is 11.4 Å². The van der Waals surface area contributed by atoms with Crippen LogP contribution in [0.25, 0.3) is 0 Å². The maximum Gasteiger partial charge on any atom is 0.262 e. The van der Waals surface area contributed by atoms with Crippen molar-refractivity contribution in [1.82, 2.24) is 9.62 Å². The normalized spacial score (nSPS) is 16.3. The van der Waals surface area contributed by atoms with E-state index in [1.807, 2.05) is 45.0 Å². The van der Waals surface area contributed by atoms with Crippen molar-refractivity contribution in [3.8, 4) is 5.75 Å². The number of hydrogen-bond acceptors (Lipinski definition) is 5. The lowest BCUT2D eigenvalue weighted by Gasteiger charge is -2.26. The Bertz CT molecular complexity index is 962. The minimum atomic E-state index is -3.63. The summed E-state index contributed by atoms with van der Waals surface area (Å²) in [6.45, 7) is 6.98. The number of piperidine rings is 1. The summed E-state index contributed by atoms with van der Waals surface area (Å²) in [5, 5.41) is 4.65. The summed E-state index contributed by atoms with van der Waals surface area (Å²) in [4.78, 5) is 13.2. The first-order valence-electron chi connectivity index (χ1n) is 10.9. The highest BCUT2D eigenvalue weighted by molar-refractivity contribution is 7.89. The number of amides is 1. The van der Waals surface area contributed by atoms with Crippen LogP contribution in [-0.4, -0.2) is 43.9 Å². The fourth-order valence-corrected chi connectivity index (χ4v) is 6.48. The zero-order valence-electron chi connectivity index (χ0n) is 18.5. The van der Waals surface area contributed by atoms with Crippen molar-refractivity contribution < 1.29 is 17.9 Å². The monoisotopic (exact) mass is 464 g/mol. The molecule has 2 aromatic rings. The number of carbonyl (C=O) groups is 1. The molecule has 31 heavy (non-hydrogen) atoms. The maximum absolute atomic E-state index is 13.0. The fourth-order valence-electron chi connectivity index (χ4n) is 3.66. The van der Waals surface area contributed by atoms with Gasteiger partial charge in [-0.05, 0) is 75.6 Å². The molecule has 1 atom stereocenters. The molecule has 3 rings (SSSR count). The van der Waals surface area contributed by atoms with E-state index in [0.717, 1.165) is 37.9 Å². The molecule has 1 aliphatic heterocycles. The Morgan fingerprint density at radius 1 is 1.10 bits per heavy atom. The molecule has 1 amide bonds. The molecule has 8 heteroatoms. The largest absolute Gasteiger partial charge is 0.491 e. The van der Waals surface area contributed by atoms with Gasteiger partial charge in [0, 0.05) is 19.1 Å². The predicted molar refractivity (Wildman–Crippen MR) is 124 cm³/mol. The van der Waals surface area contributed by atoms with E-state index < -0.39 is 10.0 Å². The summed E-state index contributed by atoms with van der Waals surface area (Å²) in [6.07, 6.45) is 4.50. The summed E-state index contributed by atoms with van der Waals surface area (Å²) in [5.41, 5.74) is 1.17. The molecule has 0 bridgehead atoms. The van der Waals surface area contributed by atoms with Crippen LogP contribution in [0.1, 0.15) is 61.7 Å². The van der Waals surface area contributed by atoms with Crippen molar-refractivity contribution in [3.05, 3.63) is 46.2 Å². The van der Waals surface area contributed by atoms with E-state index in [1.165, 1.54) is 21.2 Å². The molecule has 1 aliphatic rings. The number of thiophene rings is 1. The first-order chi connectivity index (χ1) is 14.8. The number of nitrogens with one attached hydrogen (secondary N) is 1. The topological polar surface area (TPSA) is 75.7 Å². The lowest BCUT2D eigenvalue weighted by molar-refractivity contribution is 0.0939. The number of nitrogens with zero attached hydrogens (tertiary/aromatic N) is 1. The quantitative estimate of drug-likeness (QED) is 0.594. The van der Waals surface area contributed by atoms with Crippen LogP contribution in [0.2, 0.25) is 0 Å². The third kappa shape index (κ3) is 6.30. The molecule has 0 saturated carbocycles. The first kappa shape index (κ1) is 23.8. The van der Waals surface area contributed by atoms with Gasteiger partial charge >= 0.3 is 0 Å². The average molecular weight is 465 g/mol. The van der Waals surface area contributed by atoms with Crippen LogP contribution in [0.15, 0.2) is 40.6 Å². The second-order valence-electron chi connectivity index (χ2n) is 8.30. The maximum atomic E-state index is 13.0. The number of aryl methyl sites for hydroxylation is 1. The number of ether oxygens (including phenoxy) is 1. The molecule has 1 N–H and O–H groups in total. The first-order valence-corrected chi connectivity index (χ1v) is 13.2. The average Bonchev–Trinajstić information content (AvgIpc) is 3.24. The van der Waals surface area contributed by atoms with Crippen LogP contribution in [0.4, 0.5) is 0 Å². The third-order valence-electron chi connectivity index (χ3n) is 5.31. The van der Waals surface area contributed by atoms with Gasteiger partial charge in [0.2, 0.25) is 10.0 Å². The summed E-state index contributed by atoms with van der Waals surface area (Å²) in [6, 6.07) is 9.47. The minimum absolute atomic E-state index is 0.0771. The predicted octanol–water partition coefficient (Wildman–Crippen LogP) is 4.46. The van der Waals surface area contributed by atoms with Crippen LogP contribution in [-0.2, 0) is 16.4 Å². The lowest BCUT2D eigenvalue weighted by atomic mass is 10.1. The fraction of sp³-hybridized carbons (Fsp3) is 0.522. The summed E-state index contributed by atoms with van der Waals surface area (Å²) >= 11 is 1.18. The number of hydrogen-bond donors (Lipinski definition) is 1. The number of rotatable bonds is 9. The van der Waals surface area contributed by atoms with Crippen LogP contribution < -0.4 is 10.1 Å². The molecule has 1 saturated heterocycles. The minimum Gasteiger partial charge on any atom is -0.491 e. The molecular weight excluding hydrogens is 432 g/mol. The van der Waals surface area contributed by atoms with Crippen LogP contribution >= 0.6 is 11.3 Å².